The van der Waals surface area contributed by atoms with Gasteiger partial charge in [0.2, 0.25) is 0 Å². The molecule has 0 spiro atoms. The van der Waals surface area contributed by atoms with Crippen LogP contribution in [0.1, 0.15) is 22.8 Å². The van der Waals surface area contributed by atoms with E-state index in [0.29, 0.717) is 29.1 Å². The standard InChI is InChI=1S/C24H24N2O4S/c1-17-14-19-15-18(24(27)25(2)20-8-7-9-21(16-20)30-3)12-13-23(19)26(17)31(28,29)22-10-5-4-6-11-22/h4-13,15-17H,14H2,1-3H3. The maximum Gasteiger partial charge on any atom is 0.264 e. The molecule has 0 saturated heterocycles. The summed E-state index contributed by atoms with van der Waals surface area (Å²) in [6.45, 7) is 1.88. The third-order valence-electron chi connectivity index (χ3n) is 5.52. The summed E-state index contributed by atoms with van der Waals surface area (Å²) < 4.78 is 33.1. The van der Waals surface area contributed by atoms with Crippen LogP contribution in [0.3, 0.4) is 0 Å². The second-order valence-corrected chi connectivity index (χ2v) is 9.39. The number of carbonyl (C=O) groups is 1. The minimum atomic E-state index is -3.68. The number of nitrogens with zero attached hydrogens (tertiary/aromatic N) is 2. The fraction of sp³-hybridized carbons (Fsp3) is 0.208. The highest BCUT2D eigenvalue weighted by atomic mass is 32.2. The first-order valence-electron chi connectivity index (χ1n) is 9.97. The number of amides is 1. The minimum Gasteiger partial charge on any atom is -0.497 e. The van der Waals surface area contributed by atoms with Crippen molar-refractivity contribution >= 4 is 27.3 Å². The largest absolute Gasteiger partial charge is 0.497 e. The van der Waals surface area contributed by atoms with Gasteiger partial charge in [0.25, 0.3) is 15.9 Å². The van der Waals surface area contributed by atoms with Crippen molar-refractivity contribution in [2.24, 2.45) is 0 Å². The molecule has 0 N–H and O–H groups in total. The predicted molar refractivity (Wildman–Crippen MR) is 121 cm³/mol. The van der Waals surface area contributed by atoms with Gasteiger partial charge in [-0.1, -0.05) is 24.3 Å². The van der Waals surface area contributed by atoms with E-state index in [2.05, 4.69) is 0 Å². The lowest BCUT2D eigenvalue weighted by molar-refractivity contribution is 0.0993. The first-order valence-corrected chi connectivity index (χ1v) is 11.4. The maximum absolute atomic E-state index is 13.2. The third kappa shape index (κ3) is 3.77. The summed E-state index contributed by atoms with van der Waals surface area (Å²) in [4.78, 5) is 14.9. The number of sulfonamides is 1. The summed E-state index contributed by atoms with van der Waals surface area (Å²) in [6.07, 6.45) is 0.547. The molecule has 1 aliphatic heterocycles. The molecule has 1 amide bonds. The number of fused-ring (bicyclic) bond motifs is 1. The summed E-state index contributed by atoms with van der Waals surface area (Å²) in [5.74, 6) is 0.495. The van der Waals surface area contributed by atoms with Crippen LogP contribution in [0.25, 0.3) is 0 Å². The molecule has 0 saturated carbocycles. The zero-order valence-electron chi connectivity index (χ0n) is 17.6. The van der Waals surface area contributed by atoms with Crippen molar-refractivity contribution in [3.8, 4) is 5.75 Å². The molecule has 7 heteroatoms. The Labute approximate surface area is 182 Å². The Kier molecular flexibility index (Phi) is 5.45. The molecule has 4 rings (SSSR count). The maximum atomic E-state index is 13.2. The van der Waals surface area contributed by atoms with Gasteiger partial charge in [-0.2, -0.15) is 0 Å². The van der Waals surface area contributed by atoms with Gasteiger partial charge in [0.15, 0.2) is 0 Å². The fourth-order valence-corrected chi connectivity index (χ4v) is 5.65. The number of anilines is 2. The van der Waals surface area contributed by atoms with E-state index in [1.54, 1.807) is 73.7 Å². The van der Waals surface area contributed by atoms with E-state index in [1.165, 1.54) is 4.31 Å². The van der Waals surface area contributed by atoms with Gasteiger partial charge in [-0.3, -0.25) is 9.10 Å². The minimum absolute atomic E-state index is 0.173. The summed E-state index contributed by atoms with van der Waals surface area (Å²) in [7, 11) is -0.389. The van der Waals surface area contributed by atoms with E-state index in [0.717, 1.165) is 5.56 Å². The molecule has 1 heterocycles. The molecular formula is C24H24N2O4S. The van der Waals surface area contributed by atoms with Gasteiger partial charge in [0.1, 0.15) is 5.75 Å². The number of methoxy groups -OCH3 is 1. The van der Waals surface area contributed by atoms with Crippen molar-refractivity contribution in [3.63, 3.8) is 0 Å². The van der Waals surface area contributed by atoms with E-state index >= 15 is 0 Å². The van der Waals surface area contributed by atoms with Crippen molar-refractivity contribution in [2.45, 2.75) is 24.3 Å². The Morgan fingerprint density at radius 1 is 1.03 bits per heavy atom. The molecule has 3 aromatic rings. The van der Waals surface area contributed by atoms with Crippen LogP contribution < -0.4 is 13.9 Å². The van der Waals surface area contributed by atoms with E-state index < -0.39 is 10.0 Å². The Morgan fingerprint density at radius 3 is 2.48 bits per heavy atom. The molecule has 0 radical (unpaired) electrons. The summed E-state index contributed by atoms with van der Waals surface area (Å²) in [6, 6.07) is 20.7. The van der Waals surface area contributed by atoms with Crippen LogP contribution in [0.5, 0.6) is 5.75 Å². The highest BCUT2D eigenvalue weighted by Crippen LogP contribution is 2.37. The van der Waals surface area contributed by atoms with E-state index in [1.807, 2.05) is 25.1 Å². The normalized spacial score (nSPS) is 15.5. The first-order chi connectivity index (χ1) is 14.8. The zero-order valence-corrected chi connectivity index (χ0v) is 18.5. The Balaban J connectivity index is 1.65. The lowest BCUT2D eigenvalue weighted by Crippen LogP contribution is -2.35. The Hall–Kier alpha value is -3.32. The van der Waals surface area contributed by atoms with Gasteiger partial charge in [0, 0.05) is 30.4 Å². The number of carbonyl (C=O) groups excluding carboxylic acids is 1. The van der Waals surface area contributed by atoms with Crippen molar-refractivity contribution in [1.82, 2.24) is 0 Å². The van der Waals surface area contributed by atoms with Crippen molar-refractivity contribution in [3.05, 3.63) is 83.9 Å². The van der Waals surface area contributed by atoms with Gasteiger partial charge in [0.05, 0.1) is 17.7 Å². The van der Waals surface area contributed by atoms with Crippen molar-refractivity contribution in [2.75, 3.05) is 23.4 Å². The molecule has 3 aromatic carbocycles. The molecule has 1 atom stereocenters. The topological polar surface area (TPSA) is 66.9 Å². The second kappa shape index (κ2) is 8.07. The second-order valence-electron chi connectivity index (χ2n) is 7.58. The number of rotatable bonds is 5. The molecule has 0 fully saturated rings. The SMILES string of the molecule is COc1cccc(N(C)C(=O)c2ccc3c(c2)CC(C)N3S(=O)(=O)c2ccccc2)c1. The smallest absolute Gasteiger partial charge is 0.264 e. The number of benzene rings is 3. The fourth-order valence-electron chi connectivity index (χ4n) is 3.94. The molecule has 31 heavy (non-hydrogen) atoms. The molecule has 1 unspecified atom stereocenters. The molecule has 1 aliphatic rings. The molecule has 6 nitrogen and oxygen atoms in total. The molecule has 0 aliphatic carbocycles. The van der Waals surface area contributed by atoms with E-state index in [-0.39, 0.29) is 16.8 Å². The molecule has 0 aromatic heterocycles. The average molecular weight is 437 g/mol. The lowest BCUT2D eigenvalue weighted by Gasteiger charge is -2.24. The molecule has 0 bridgehead atoms. The van der Waals surface area contributed by atoms with Crippen molar-refractivity contribution in [1.29, 1.82) is 0 Å². The van der Waals surface area contributed by atoms with Crippen LogP contribution in [-0.4, -0.2) is 34.5 Å². The van der Waals surface area contributed by atoms with Crippen LogP contribution in [0.4, 0.5) is 11.4 Å². The Morgan fingerprint density at radius 2 is 1.77 bits per heavy atom. The zero-order chi connectivity index (χ0) is 22.2. The van der Waals surface area contributed by atoms with E-state index in [4.69, 9.17) is 4.74 Å². The van der Waals surface area contributed by atoms with Crippen LogP contribution in [0, 0.1) is 0 Å². The average Bonchev–Trinajstić information content (AvgIpc) is 3.14. The number of hydrogen-bond acceptors (Lipinski definition) is 4. The van der Waals surface area contributed by atoms with Gasteiger partial charge >= 0.3 is 0 Å². The van der Waals surface area contributed by atoms with Gasteiger partial charge < -0.3 is 9.64 Å². The van der Waals surface area contributed by atoms with Crippen LogP contribution >= 0.6 is 0 Å². The monoisotopic (exact) mass is 436 g/mol. The van der Waals surface area contributed by atoms with Gasteiger partial charge in [-0.15, -0.1) is 0 Å². The number of ether oxygens (including phenoxy) is 1. The van der Waals surface area contributed by atoms with Gasteiger partial charge in [-0.25, -0.2) is 8.42 Å². The third-order valence-corrected chi connectivity index (χ3v) is 7.47. The molecular weight excluding hydrogens is 412 g/mol. The highest BCUT2D eigenvalue weighted by Gasteiger charge is 2.36. The first kappa shape index (κ1) is 20.9. The predicted octanol–water partition coefficient (Wildman–Crippen LogP) is 4.11. The van der Waals surface area contributed by atoms with Crippen LogP contribution in [-0.2, 0) is 16.4 Å². The molecule has 160 valence electrons. The Bertz CT molecular complexity index is 1230. The summed E-state index contributed by atoms with van der Waals surface area (Å²) >= 11 is 0. The highest BCUT2D eigenvalue weighted by molar-refractivity contribution is 7.92. The van der Waals surface area contributed by atoms with Crippen LogP contribution in [0.15, 0.2) is 77.7 Å². The quantitative estimate of drug-likeness (QED) is 0.604. The number of hydrogen-bond donors (Lipinski definition) is 0. The van der Waals surface area contributed by atoms with Gasteiger partial charge in [-0.05, 0) is 61.4 Å². The summed E-state index contributed by atoms with van der Waals surface area (Å²) in [5, 5.41) is 0. The lowest BCUT2D eigenvalue weighted by atomic mass is 10.1. The van der Waals surface area contributed by atoms with E-state index in [9.17, 15) is 13.2 Å². The summed E-state index contributed by atoms with van der Waals surface area (Å²) in [5.41, 5.74) is 2.69. The van der Waals surface area contributed by atoms with Crippen molar-refractivity contribution < 1.29 is 17.9 Å². The van der Waals surface area contributed by atoms with Crippen LogP contribution in [0.2, 0.25) is 0 Å².